The Morgan fingerprint density at radius 1 is 1.37 bits per heavy atom. The highest BCUT2D eigenvalue weighted by molar-refractivity contribution is 5.90. The van der Waals surface area contributed by atoms with Crippen molar-refractivity contribution in [2.45, 2.75) is 6.10 Å². The van der Waals surface area contributed by atoms with Crippen molar-refractivity contribution < 1.29 is 28.6 Å². The van der Waals surface area contributed by atoms with Crippen molar-refractivity contribution in [2.75, 3.05) is 18.1 Å². The average Bonchev–Trinajstić information content (AvgIpc) is 3.32. The third-order valence-electron chi connectivity index (χ3n) is 4.34. The topological polar surface area (TPSA) is 133 Å². The van der Waals surface area contributed by atoms with E-state index >= 15 is 0 Å². The quantitative estimate of drug-likeness (QED) is 0.623. The summed E-state index contributed by atoms with van der Waals surface area (Å²) in [4.78, 5) is 29.3. The van der Waals surface area contributed by atoms with E-state index in [1.165, 1.54) is 28.0 Å². The van der Waals surface area contributed by atoms with Gasteiger partial charge in [-0.1, -0.05) is 6.07 Å². The van der Waals surface area contributed by atoms with Crippen molar-refractivity contribution in [3.05, 3.63) is 42.3 Å². The van der Waals surface area contributed by atoms with Crippen molar-refractivity contribution in [1.29, 1.82) is 0 Å². The van der Waals surface area contributed by atoms with Crippen LogP contribution in [0.15, 0.2) is 36.5 Å². The molecule has 0 radical (unpaired) electrons. The van der Waals surface area contributed by atoms with Crippen LogP contribution in [-0.2, 0) is 16.5 Å². The molecule has 0 saturated carbocycles. The average molecular weight is 414 g/mol. The first kappa shape index (κ1) is 19.2. The molecule has 3 aromatic rings. The van der Waals surface area contributed by atoms with E-state index in [4.69, 9.17) is 9.84 Å². The first-order valence-electron chi connectivity index (χ1n) is 8.75. The predicted molar refractivity (Wildman–Crippen MR) is 99.0 cm³/mol. The second-order valence-electron chi connectivity index (χ2n) is 6.39. The maximum Gasteiger partial charge on any atom is 0.505 e. The van der Waals surface area contributed by atoms with Gasteiger partial charge >= 0.3 is 12.2 Å². The number of carboxylic acid groups (broad SMARTS) is 1. The number of hydrogen-bond donors (Lipinski definition) is 1. The van der Waals surface area contributed by atoms with Crippen molar-refractivity contribution in [3.8, 4) is 22.6 Å². The molecule has 0 unspecified atom stereocenters. The Morgan fingerprint density at radius 3 is 2.83 bits per heavy atom. The van der Waals surface area contributed by atoms with Crippen LogP contribution in [0.5, 0.6) is 0 Å². The Kier molecular flexibility index (Phi) is 4.96. The molecule has 4 rings (SSSR count). The third kappa shape index (κ3) is 3.87. The summed E-state index contributed by atoms with van der Waals surface area (Å²) in [6, 6.07) is 7.63. The summed E-state index contributed by atoms with van der Waals surface area (Å²) < 4.78 is 24.2. The van der Waals surface area contributed by atoms with Crippen LogP contribution in [0.4, 0.5) is 19.7 Å². The Labute approximate surface area is 168 Å². The summed E-state index contributed by atoms with van der Waals surface area (Å²) in [5, 5.41) is 20.2. The molecule has 3 heterocycles. The molecule has 1 aliphatic heterocycles. The molecular formula is C18H15FN6O5. The van der Waals surface area contributed by atoms with Gasteiger partial charge in [0.1, 0.15) is 18.1 Å². The van der Waals surface area contributed by atoms with Gasteiger partial charge < -0.3 is 14.6 Å². The van der Waals surface area contributed by atoms with Crippen LogP contribution < -0.4 is 4.90 Å². The Balaban J connectivity index is 1.51. The first-order valence-corrected chi connectivity index (χ1v) is 8.75. The zero-order chi connectivity index (χ0) is 21.3. The fourth-order valence-electron chi connectivity index (χ4n) is 2.96. The molecule has 154 valence electrons. The molecule has 1 amide bonds. The minimum absolute atomic E-state index is 0.0479. The van der Waals surface area contributed by atoms with Crippen molar-refractivity contribution >= 4 is 17.9 Å². The SMILES string of the molecule is Cn1nnc(-c2ccc(-c3ccc(N4C[C@H](COC(=O)O)OC4=O)cc3F)cn2)n1. The van der Waals surface area contributed by atoms with E-state index in [0.29, 0.717) is 22.6 Å². The molecule has 2 aromatic heterocycles. The van der Waals surface area contributed by atoms with Crippen LogP contribution in [0.3, 0.4) is 0 Å². The number of aromatic nitrogens is 5. The summed E-state index contributed by atoms with van der Waals surface area (Å²) in [5.41, 5.74) is 1.61. The highest BCUT2D eigenvalue weighted by atomic mass is 19.1. The molecule has 0 spiro atoms. The highest BCUT2D eigenvalue weighted by Crippen LogP contribution is 2.29. The molecule has 1 saturated heterocycles. The summed E-state index contributed by atoms with van der Waals surface area (Å²) >= 11 is 0. The van der Waals surface area contributed by atoms with E-state index in [9.17, 15) is 14.0 Å². The lowest BCUT2D eigenvalue weighted by Crippen LogP contribution is -2.26. The number of ether oxygens (including phenoxy) is 2. The number of halogens is 1. The van der Waals surface area contributed by atoms with Gasteiger partial charge in [0.15, 0.2) is 6.10 Å². The number of carbonyl (C=O) groups excluding carboxylic acids is 1. The number of hydrogen-bond acceptors (Lipinski definition) is 8. The fraction of sp³-hybridized carbons (Fsp3) is 0.222. The molecule has 11 nitrogen and oxygen atoms in total. The van der Waals surface area contributed by atoms with Crippen LogP contribution in [-0.4, -0.2) is 61.8 Å². The van der Waals surface area contributed by atoms with Gasteiger partial charge in [-0.2, -0.15) is 4.80 Å². The molecule has 12 heteroatoms. The highest BCUT2D eigenvalue weighted by Gasteiger charge is 2.33. The third-order valence-corrected chi connectivity index (χ3v) is 4.34. The van der Waals surface area contributed by atoms with Gasteiger partial charge in [0.05, 0.1) is 19.3 Å². The molecule has 1 aromatic carbocycles. The number of tetrazole rings is 1. The molecule has 1 N–H and O–H groups in total. The maximum atomic E-state index is 14.7. The van der Waals surface area contributed by atoms with Crippen LogP contribution in [0.2, 0.25) is 0 Å². The smallest absolute Gasteiger partial charge is 0.450 e. The van der Waals surface area contributed by atoms with Gasteiger partial charge in [-0.25, -0.2) is 14.0 Å². The van der Waals surface area contributed by atoms with Gasteiger partial charge in [0.2, 0.25) is 5.82 Å². The molecule has 30 heavy (non-hydrogen) atoms. The first-order chi connectivity index (χ1) is 14.4. The number of carbonyl (C=O) groups is 2. The fourth-order valence-corrected chi connectivity index (χ4v) is 2.96. The molecule has 1 atom stereocenters. The van der Waals surface area contributed by atoms with Gasteiger partial charge in [0.25, 0.3) is 0 Å². The number of pyridine rings is 1. The van der Waals surface area contributed by atoms with Gasteiger partial charge in [0, 0.05) is 17.3 Å². The monoisotopic (exact) mass is 414 g/mol. The lowest BCUT2D eigenvalue weighted by Gasteiger charge is -2.14. The van der Waals surface area contributed by atoms with E-state index in [1.807, 2.05) is 0 Å². The zero-order valence-electron chi connectivity index (χ0n) is 15.6. The Bertz CT molecular complexity index is 1100. The van der Waals surface area contributed by atoms with E-state index in [-0.39, 0.29) is 18.8 Å². The number of rotatable bonds is 5. The van der Waals surface area contributed by atoms with E-state index in [0.717, 1.165) is 0 Å². The van der Waals surface area contributed by atoms with Crippen LogP contribution >= 0.6 is 0 Å². The molecule has 1 fully saturated rings. The number of cyclic esters (lactones) is 1. The number of benzene rings is 1. The lowest BCUT2D eigenvalue weighted by atomic mass is 10.1. The minimum Gasteiger partial charge on any atom is -0.450 e. The molecule has 0 bridgehead atoms. The van der Waals surface area contributed by atoms with E-state index < -0.39 is 24.2 Å². The second kappa shape index (κ2) is 7.73. The minimum atomic E-state index is -1.46. The van der Waals surface area contributed by atoms with Crippen molar-refractivity contribution in [1.82, 2.24) is 25.2 Å². The van der Waals surface area contributed by atoms with Crippen molar-refractivity contribution in [2.24, 2.45) is 7.05 Å². The summed E-state index contributed by atoms with van der Waals surface area (Å²) in [6.45, 7) is -0.247. The number of anilines is 1. The van der Waals surface area contributed by atoms with E-state index in [1.54, 1.807) is 25.2 Å². The summed E-state index contributed by atoms with van der Waals surface area (Å²) in [5.74, 6) is -0.202. The summed E-state index contributed by atoms with van der Waals surface area (Å²) in [7, 11) is 1.64. The molecular weight excluding hydrogens is 399 g/mol. The Morgan fingerprint density at radius 2 is 2.20 bits per heavy atom. The predicted octanol–water partition coefficient (Wildman–Crippen LogP) is 2.10. The van der Waals surface area contributed by atoms with Crippen molar-refractivity contribution in [3.63, 3.8) is 0 Å². The number of nitrogens with zero attached hydrogens (tertiary/aromatic N) is 6. The second-order valence-corrected chi connectivity index (χ2v) is 6.39. The van der Waals surface area contributed by atoms with Crippen LogP contribution in [0, 0.1) is 5.82 Å². The van der Waals surface area contributed by atoms with Gasteiger partial charge in [-0.05, 0) is 29.5 Å². The van der Waals surface area contributed by atoms with Crippen LogP contribution in [0.1, 0.15) is 0 Å². The van der Waals surface area contributed by atoms with E-state index in [2.05, 4.69) is 25.1 Å². The number of amides is 1. The zero-order valence-corrected chi connectivity index (χ0v) is 15.6. The number of aryl methyl sites for hydroxylation is 1. The summed E-state index contributed by atoms with van der Waals surface area (Å²) in [6.07, 6.45) is -1.44. The molecule has 0 aliphatic carbocycles. The normalized spacial score (nSPS) is 15.9. The maximum absolute atomic E-state index is 14.7. The van der Waals surface area contributed by atoms with Crippen LogP contribution in [0.25, 0.3) is 22.6 Å². The largest absolute Gasteiger partial charge is 0.505 e. The lowest BCUT2D eigenvalue weighted by molar-refractivity contribution is 0.0462. The van der Waals surface area contributed by atoms with Gasteiger partial charge in [-0.3, -0.25) is 9.88 Å². The Hall–Kier alpha value is -4.09. The molecule has 1 aliphatic rings. The van der Waals surface area contributed by atoms with Gasteiger partial charge in [-0.15, -0.1) is 10.2 Å². The standard InChI is InChI=1S/C18H15FN6O5/c1-24-22-16(21-23-24)15-5-2-10(7-20-15)13-4-3-11(6-14(13)19)25-8-12(30-17(25)26)9-29-18(27)28/h2-7,12H,8-9H2,1H3,(H,27,28)/t12-/m1/s1.